The van der Waals surface area contributed by atoms with E-state index < -0.39 is 17.6 Å². The van der Waals surface area contributed by atoms with Crippen molar-refractivity contribution in [1.29, 1.82) is 0 Å². The van der Waals surface area contributed by atoms with Crippen LogP contribution in [0.1, 0.15) is 10.4 Å². The maximum Gasteiger partial charge on any atom is 0.183 e. The first-order chi connectivity index (χ1) is 7.06. The van der Waals surface area contributed by atoms with Crippen molar-refractivity contribution in [3.05, 3.63) is 34.6 Å². The van der Waals surface area contributed by atoms with Crippen LogP contribution in [-0.2, 0) is 4.74 Å². The van der Waals surface area contributed by atoms with Gasteiger partial charge in [-0.15, -0.1) is 0 Å². The van der Waals surface area contributed by atoms with Crippen molar-refractivity contribution in [2.75, 3.05) is 13.7 Å². The number of rotatable bonds is 4. The van der Waals surface area contributed by atoms with Crippen LogP contribution in [0.3, 0.4) is 0 Å². The number of nitrogens with two attached hydrogens (primary N) is 1. The molecule has 0 spiro atoms. The Kier molecular flexibility index (Phi) is 4.20. The molecule has 1 unspecified atom stereocenters. The molecule has 0 heterocycles. The molecule has 0 aromatic heterocycles. The molecule has 0 amide bonds. The molecule has 1 aromatic carbocycles. The minimum Gasteiger partial charge on any atom is -0.383 e. The van der Waals surface area contributed by atoms with E-state index in [9.17, 15) is 9.18 Å². The van der Waals surface area contributed by atoms with Gasteiger partial charge in [0.2, 0.25) is 0 Å². The van der Waals surface area contributed by atoms with E-state index in [0.29, 0.717) is 0 Å². The number of carbonyl (C=O) groups excluding carboxylic acids is 1. The third-order valence-corrected chi connectivity index (χ3v) is 2.21. The minimum atomic E-state index is -0.825. The van der Waals surface area contributed by atoms with Crippen molar-refractivity contribution < 1.29 is 13.9 Å². The van der Waals surface area contributed by atoms with Gasteiger partial charge in [0.25, 0.3) is 0 Å². The maximum atomic E-state index is 12.9. The van der Waals surface area contributed by atoms with Gasteiger partial charge in [-0.3, -0.25) is 4.79 Å². The van der Waals surface area contributed by atoms with Crippen LogP contribution in [0.4, 0.5) is 4.39 Å². The molecular weight excluding hydrogens is 221 g/mol. The number of carbonyl (C=O) groups is 1. The number of ether oxygens (including phenoxy) is 1. The number of hydrogen-bond acceptors (Lipinski definition) is 3. The number of hydrogen-bond donors (Lipinski definition) is 1. The van der Waals surface area contributed by atoms with Crippen LogP contribution in [-0.4, -0.2) is 25.5 Å². The first-order valence-electron chi connectivity index (χ1n) is 4.30. The summed E-state index contributed by atoms with van der Waals surface area (Å²) in [5.74, 6) is -0.950. The third-order valence-electron chi connectivity index (χ3n) is 1.88. The highest BCUT2D eigenvalue weighted by atomic mass is 35.5. The molecule has 0 saturated heterocycles. The molecule has 1 atom stereocenters. The smallest absolute Gasteiger partial charge is 0.183 e. The fraction of sp³-hybridized carbons (Fsp3) is 0.300. The molecule has 0 aliphatic carbocycles. The van der Waals surface area contributed by atoms with Crippen molar-refractivity contribution in [2.24, 2.45) is 5.73 Å². The highest BCUT2D eigenvalue weighted by Gasteiger charge is 2.18. The average Bonchev–Trinajstić information content (AvgIpc) is 2.21. The summed E-state index contributed by atoms with van der Waals surface area (Å²) in [5, 5.41) is 0.188. The number of Topliss-reactive ketones (excluding diaryl/α,β-unsaturated/α-hetero) is 1. The number of methoxy groups -OCH3 is 1. The summed E-state index contributed by atoms with van der Waals surface area (Å²) in [6, 6.07) is 2.75. The molecule has 3 nitrogen and oxygen atoms in total. The van der Waals surface area contributed by atoms with Crippen molar-refractivity contribution in [1.82, 2.24) is 0 Å². The van der Waals surface area contributed by atoms with E-state index in [4.69, 9.17) is 22.1 Å². The quantitative estimate of drug-likeness (QED) is 0.802. The summed E-state index contributed by atoms with van der Waals surface area (Å²) in [6.07, 6.45) is 0. The highest BCUT2D eigenvalue weighted by molar-refractivity contribution is 6.34. The summed E-state index contributed by atoms with van der Waals surface area (Å²) < 4.78 is 17.6. The van der Waals surface area contributed by atoms with Crippen molar-refractivity contribution in [3.8, 4) is 0 Å². The number of ketones is 1. The van der Waals surface area contributed by atoms with Gasteiger partial charge in [-0.25, -0.2) is 4.39 Å². The monoisotopic (exact) mass is 231 g/mol. The molecule has 0 bridgehead atoms. The predicted molar refractivity (Wildman–Crippen MR) is 55.6 cm³/mol. The fourth-order valence-electron chi connectivity index (χ4n) is 1.14. The topological polar surface area (TPSA) is 52.3 Å². The van der Waals surface area contributed by atoms with Gasteiger partial charge in [0.05, 0.1) is 17.7 Å². The Morgan fingerprint density at radius 2 is 2.33 bits per heavy atom. The van der Waals surface area contributed by atoms with E-state index in [0.717, 1.165) is 6.07 Å². The lowest BCUT2D eigenvalue weighted by Crippen LogP contribution is -2.35. The molecule has 1 aromatic rings. The van der Waals surface area contributed by atoms with E-state index in [2.05, 4.69) is 0 Å². The van der Waals surface area contributed by atoms with Crippen LogP contribution in [0.2, 0.25) is 5.02 Å². The zero-order chi connectivity index (χ0) is 11.4. The van der Waals surface area contributed by atoms with Crippen molar-refractivity contribution in [2.45, 2.75) is 6.04 Å². The molecule has 1 rings (SSSR count). The zero-order valence-electron chi connectivity index (χ0n) is 8.17. The summed E-state index contributed by atoms with van der Waals surface area (Å²) in [5.41, 5.74) is 5.61. The lowest BCUT2D eigenvalue weighted by atomic mass is 10.1. The van der Waals surface area contributed by atoms with Gasteiger partial charge in [-0.2, -0.15) is 0 Å². The Morgan fingerprint density at radius 1 is 1.67 bits per heavy atom. The van der Waals surface area contributed by atoms with Gasteiger partial charge in [0, 0.05) is 12.7 Å². The van der Waals surface area contributed by atoms with Crippen molar-refractivity contribution in [3.63, 3.8) is 0 Å². The van der Waals surface area contributed by atoms with Gasteiger partial charge in [0.1, 0.15) is 5.82 Å². The zero-order valence-corrected chi connectivity index (χ0v) is 8.92. The Hall–Kier alpha value is -0.970. The van der Waals surface area contributed by atoms with Gasteiger partial charge >= 0.3 is 0 Å². The van der Waals surface area contributed by atoms with E-state index in [1.165, 1.54) is 19.2 Å². The van der Waals surface area contributed by atoms with Gasteiger partial charge in [-0.05, 0) is 18.2 Å². The normalized spacial score (nSPS) is 12.5. The Morgan fingerprint density at radius 3 is 2.93 bits per heavy atom. The molecule has 82 valence electrons. The largest absolute Gasteiger partial charge is 0.383 e. The molecule has 0 aliphatic heterocycles. The fourth-order valence-corrected chi connectivity index (χ4v) is 1.35. The second-order valence-corrected chi connectivity index (χ2v) is 3.46. The molecule has 0 fully saturated rings. The average molecular weight is 232 g/mol. The Labute approximate surface area is 92.0 Å². The van der Waals surface area contributed by atoms with Crippen LogP contribution in [0.15, 0.2) is 18.2 Å². The standard InChI is InChI=1S/C10H11ClFNO2/c1-15-5-9(13)10(14)7-4-6(12)2-3-8(7)11/h2-4,9H,5,13H2,1H3. The summed E-state index contributed by atoms with van der Waals surface area (Å²) in [6.45, 7) is 0.0751. The molecule has 0 radical (unpaired) electrons. The highest BCUT2D eigenvalue weighted by Crippen LogP contribution is 2.18. The first-order valence-corrected chi connectivity index (χ1v) is 4.68. The van der Waals surface area contributed by atoms with Crippen molar-refractivity contribution >= 4 is 17.4 Å². The van der Waals surface area contributed by atoms with Gasteiger partial charge in [0.15, 0.2) is 5.78 Å². The van der Waals surface area contributed by atoms with Crippen LogP contribution in [0.5, 0.6) is 0 Å². The second kappa shape index (κ2) is 5.21. The lowest BCUT2D eigenvalue weighted by Gasteiger charge is -2.10. The molecule has 5 heteroatoms. The predicted octanol–water partition coefficient (Wildman–Crippen LogP) is 1.64. The maximum absolute atomic E-state index is 12.9. The first kappa shape index (κ1) is 12.1. The molecule has 0 aliphatic rings. The summed E-state index contributed by atoms with van der Waals surface area (Å²) >= 11 is 5.75. The second-order valence-electron chi connectivity index (χ2n) is 3.05. The molecule has 0 saturated carbocycles. The number of benzene rings is 1. The van der Waals surface area contributed by atoms with Crippen LogP contribution >= 0.6 is 11.6 Å². The number of halogens is 2. The Balaban J connectivity index is 2.95. The van der Waals surface area contributed by atoms with Gasteiger partial charge in [-0.1, -0.05) is 11.6 Å². The van der Waals surface area contributed by atoms with E-state index >= 15 is 0 Å². The molecular formula is C10H11ClFNO2. The summed E-state index contributed by atoms with van der Waals surface area (Å²) in [4.78, 5) is 11.7. The van der Waals surface area contributed by atoms with E-state index in [1.54, 1.807) is 0 Å². The molecule has 2 N–H and O–H groups in total. The molecule has 15 heavy (non-hydrogen) atoms. The van der Waals surface area contributed by atoms with Crippen LogP contribution < -0.4 is 5.73 Å². The SMILES string of the molecule is COCC(N)C(=O)c1cc(F)ccc1Cl. The lowest BCUT2D eigenvalue weighted by molar-refractivity contribution is 0.0892. The van der Waals surface area contributed by atoms with Crippen LogP contribution in [0, 0.1) is 5.82 Å². The Bertz CT molecular complexity index is 370. The van der Waals surface area contributed by atoms with E-state index in [1.807, 2.05) is 0 Å². The third kappa shape index (κ3) is 2.99. The minimum absolute atomic E-state index is 0.0751. The van der Waals surface area contributed by atoms with Gasteiger partial charge < -0.3 is 10.5 Å². The van der Waals surface area contributed by atoms with E-state index in [-0.39, 0.29) is 17.2 Å². The summed E-state index contributed by atoms with van der Waals surface area (Å²) in [7, 11) is 1.43. The van der Waals surface area contributed by atoms with Crippen LogP contribution in [0.25, 0.3) is 0 Å².